The lowest BCUT2D eigenvalue weighted by atomic mass is 9.81. The number of methoxy groups -OCH3 is 5. The Hall–Kier alpha value is -4.66. The van der Waals surface area contributed by atoms with E-state index >= 15 is 0 Å². The molecular weight excluding hydrogens is 490 g/mol. The van der Waals surface area contributed by atoms with Crippen molar-refractivity contribution in [3.63, 3.8) is 0 Å². The highest BCUT2D eigenvalue weighted by molar-refractivity contribution is 6.12. The molecule has 9 nitrogen and oxygen atoms in total. The SMILES string of the molecule is COc1cccc(CN2C(=O)C(O)=CC2(C(=O)c2ccc(OC)c(OC)c2)c2ccc(OC)c(OC)c2)c1. The molecule has 1 aliphatic heterocycles. The van der Waals surface area contributed by atoms with Gasteiger partial charge in [-0.05, 0) is 53.6 Å². The zero-order valence-corrected chi connectivity index (χ0v) is 21.8. The molecule has 3 aromatic rings. The standard InChI is InChI=1S/C29H29NO8/c1-34-21-8-6-7-18(13-21)17-30-28(33)22(31)16-29(30,20-10-12-24(36-3)26(15-20)38-5)27(32)19-9-11-23(35-2)25(14-19)37-4/h6-16,31H,17H2,1-5H3. The van der Waals surface area contributed by atoms with E-state index in [2.05, 4.69) is 0 Å². The van der Waals surface area contributed by atoms with Gasteiger partial charge in [0.15, 0.2) is 40.1 Å². The number of amides is 1. The molecule has 38 heavy (non-hydrogen) atoms. The molecule has 0 spiro atoms. The zero-order valence-electron chi connectivity index (χ0n) is 21.8. The van der Waals surface area contributed by atoms with Gasteiger partial charge in [0, 0.05) is 18.2 Å². The van der Waals surface area contributed by atoms with Crippen molar-refractivity contribution in [3.05, 3.63) is 89.2 Å². The van der Waals surface area contributed by atoms with Crippen molar-refractivity contribution in [1.82, 2.24) is 4.90 Å². The fourth-order valence-corrected chi connectivity index (χ4v) is 4.62. The molecule has 0 aromatic heterocycles. The Morgan fingerprint density at radius 3 is 2.05 bits per heavy atom. The number of carbonyl (C=O) groups excluding carboxylic acids is 2. The number of nitrogens with zero attached hydrogens (tertiary/aromatic N) is 1. The van der Waals surface area contributed by atoms with E-state index in [-0.39, 0.29) is 12.1 Å². The fourth-order valence-electron chi connectivity index (χ4n) is 4.62. The Kier molecular flexibility index (Phi) is 7.47. The average molecular weight is 520 g/mol. The van der Waals surface area contributed by atoms with Crippen molar-refractivity contribution in [2.75, 3.05) is 35.5 Å². The van der Waals surface area contributed by atoms with Crippen LogP contribution in [0, 0.1) is 0 Å². The van der Waals surface area contributed by atoms with Crippen LogP contribution in [0.4, 0.5) is 0 Å². The molecule has 9 heteroatoms. The molecule has 0 aliphatic carbocycles. The molecule has 1 aliphatic rings. The molecule has 1 heterocycles. The maximum absolute atomic E-state index is 14.5. The van der Waals surface area contributed by atoms with Gasteiger partial charge in [0.25, 0.3) is 5.91 Å². The smallest absolute Gasteiger partial charge is 0.290 e. The molecule has 198 valence electrons. The third kappa shape index (κ3) is 4.47. The number of aliphatic hydroxyl groups is 1. The van der Waals surface area contributed by atoms with E-state index < -0.39 is 23.0 Å². The number of hydrogen-bond acceptors (Lipinski definition) is 8. The van der Waals surface area contributed by atoms with Gasteiger partial charge in [-0.2, -0.15) is 0 Å². The van der Waals surface area contributed by atoms with Crippen LogP contribution >= 0.6 is 0 Å². The highest BCUT2D eigenvalue weighted by Crippen LogP contribution is 2.44. The van der Waals surface area contributed by atoms with Crippen molar-refractivity contribution < 1.29 is 38.4 Å². The molecular formula is C29H29NO8. The van der Waals surface area contributed by atoms with Crippen LogP contribution in [0.2, 0.25) is 0 Å². The summed E-state index contributed by atoms with van der Waals surface area (Å²) in [6.45, 7) is 0.00394. The van der Waals surface area contributed by atoms with Crippen LogP contribution in [0.3, 0.4) is 0 Å². The van der Waals surface area contributed by atoms with Crippen molar-refractivity contribution in [2.24, 2.45) is 0 Å². The average Bonchev–Trinajstić information content (AvgIpc) is 3.21. The number of ether oxygens (including phenoxy) is 5. The van der Waals surface area contributed by atoms with E-state index in [4.69, 9.17) is 23.7 Å². The summed E-state index contributed by atoms with van der Waals surface area (Å²) in [6.07, 6.45) is 1.27. The van der Waals surface area contributed by atoms with Crippen molar-refractivity contribution in [2.45, 2.75) is 12.1 Å². The van der Waals surface area contributed by atoms with Gasteiger partial charge in [0.1, 0.15) is 5.75 Å². The second kappa shape index (κ2) is 10.8. The van der Waals surface area contributed by atoms with E-state index in [1.54, 1.807) is 61.7 Å². The maximum Gasteiger partial charge on any atom is 0.290 e. The monoisotopic (exact) mass is 519 g/mol. The lowest BCUT2D eigenvalue weighted by Gasteiger charge is -2.37. The van der Waals surface area contributed by atoms with E-state index in [1.165, 1.54) is 39.4 Å². The molecule has 1 amide bonds. The van der Waals surface area contributed by atoms with Gasteiger partial charge in [-0.25, -0.2) is 0 Å². The molecule has 1 unspecified atom stereocenters. The third-order valence-corrected chi connectivity index (χ3v) is 6.53. The lowest BCUT2D eigenvalue weighted by Crippen LogP contribution is -2.49. The zero-order chi connectivity index (χ0) is 27.4. The Bertz CT molecular complexity index is 1400. The fraction of sp³-hybridized carbons (Fsp3) is 0.241. The molecule has 0 bridgehead atoms. The predicted octanol–water partition coefficient (Wildman–Crippen LogP) is 4.29. The first kappa shape index (κ1) is 26.4. The lowest BCUT2D eigenvalue weighted by molar-refractivity contribution is -0.131. The summed E-state index contributed by atoms with van der Waals surface area (Å²) in [5.41, 5.74) is -0.378. The maximum atomic E-state index is 14.5. The van der Waals surface area contributed by atoms with Gasteiger partial charge in [-0.3, -0.25) is 9.59 Å². The Morgan fingerprint density at radius 2 is 1.42 bits per heavy atom. The van der Waals surface area contributed by atoms with Gasteiger partial charge < -0.3 is 33.7 Å². The minimum Gasteiger partial charge on any atom is -0.503 e. The van der Waals surface area contributed by atoms with Crippen LogP contribution in [0.25, 0.3) is 0 Å². The summed E-state index contributed by atoms with van der Waals surface area (Å²) in [6, 6.07) is 16.8. The Morgan fingerprint density at radius 1 is 0.789 bits per heavy atom. The first-order valence-electron chi connectivity index (χ1n) is 11.7. The topological polar surface area (TPSA) is 104 Å². The van der Waals surface area contributed by atoms with Crippen molar-refractivity contribution in [3.8, 4) is 28.7 Å². The number of ketones is 1. The summed E-state index contributed by atoms with van der Waals surface area (Å²) >= 11 is 0. The number of hydrogen-bond donors (Lipinski definition) is 1. The molecule has 0 fully saturated rings. The molecule has 1 N–H and O–H groups in total. The normalized spacial score (nSPS) is 16.6. The van der Waals surface area contributed by atoms with Crippen LogP contribution in [0.1, 0.15) is 21.5 Å². The Balaban J connectivity index is 1.95. The first-order valence-corrected chi connectivity index (χ1v) is 11.7. The van der Waals surface area contributed by atoms with Crippen molar-refractivity contribution >= 4 is 11.7 Å². The minimum atomic E-state index is -1.72. The van der Waals surface area contributed by atoms with Crippen LogP contribution < -0.4 is 23.7 Å². The summed E-state index contributed by atoms with van der Waals surface area (Å²) in [4.78, 5) is 29.2. The van der Waals surface area contributed by atoms with E-state index in [1.807, 2.05) is 6.07 Å². The van der Waals surface area contributed by atoms with E-state index in [0.29, 0.717) is 39.9 Å². The second-order valence-corrected chi connectivity index (χ2v) is 8.51. The van der Waals surface area contributed by atoms with Gasteiger partial charge in [0.05, 0.1) is 35.5 Å². The highest BCUT2D eigenvalue weighted by Gasteiger charge is 2.53. The summed E-state index contributed by atoms with van der Waals surface area (Å²) in [5.74, 6) is 0.476. The first-order chi connectivity index (χ1) is 18.3. The minimum absolute atomic E-state index is 0.00394. The Labute approximate surface area is 220 Å². The van der Waals surface area contributed by atoms with Crippen LogP contribution in [0.15, 0.2) is 72.5 Å². The van der Waals surface area contributed by atoms with Gasteiger partial charge in [-0.1, -0.05) is 18.2 Å². The number of aliphatic hydroxyl groups excluding tert-OH is 1. The number of carbonyl (C=O) groups is 2. The summed E-state index contributed by atoms with van der Waals surface area (Å²) in [5, 5.41) is 10.7. The third-order valence-electron chi connectivity index (χ3n) is 6.53. The van der Waals surface area contributed by atoms with Crippen LogP contribution in [-0.2, 0) is 16.9 Å². The number of rotatable bonds is 10. The van der Waals surface area contributed by atoms with Gasteiger partial charge in [-0.15, -0.1) is 0 Å². The molecule has 0 radical (unpaired) electrons. The largest absolute Gasteiger partial charge is 0.503 e. The molecule has 4 rings (SSSR count). The molecule has 1 atom stereocenters. The molecule has 0 saturated carbocycles. The van der Waals surface area contributed by atoms with Gasteiger partial charge >= 0.3 is 0 Å². The summed E-state index contributed by atoms with van der Waals surface area (Å²) < 4.78 is 26.9. The molecule has 0 saturated heterocycles. The van der Waals surface area contributed by atoms with E-state index in [0.717, 1.165) is 0 Å². The number of benzene rings is 3. The van der Waals surface area contributed by atoms with Crippen LogP contribution in [-0.4, -0.2) is 57.2 Å². The molecule has 3 aromatic carbocycles. The highest BCUT2D eigenvalue weighted by atomic mass is 16.5. The summed E-state index contributed by atoms with van der Waals surface area (Å²) in [7, 11) is 7.49. The second-order valence-electron chi connectivity index (χ2n) is 8.51. The van der Waals surface area contributed by atoms with E-state index in [9.17, 15) is 14.7 Å². The van der Waals surface area contributed by atoms with Crippen molar-refractivity contribution in [1.29, 1.82) is 0 Å². The van der Waals surface area contributed by atoms with Gasteiger partial charge in [0.2, 0.25) is 0 Å². The quantitative estimate of drug-likeness (QED) is 0.396. The van der Waals surface area contributed by atoms with Crippen LogP contribution in [0.5, 0.6) is 28.7 Å². The number of Topliss-reactive ketones (excluding diaryl/α,β-unsaturated/α-hetero) is 1. The predicted molar refractivity (Wildman–Crippen MR) is 139 cm³/mol.